The van der Waals surface area contributed by atoms with E-state index in [1.54, 1.807) is 6.08 Å². The van der Waals surface area contributed by atoms with Crippen LogP contribution in [0, 0.1) is 10.4 Å². The summed E-state index contributed by atoms with van der Waals surface area (Å²) in [5, 5.41) is 7.05. The van der Waals surface area contributed by atoms with E-state index in [0.717, 1.165) is 116 Å². The van der Waals surface area contributed by atoms with Crippen molar-refractivity contribution in [1.82, 2.24) is 4.90 Å². The molecule has 4 aromatic heterocycles. The number of hydrogen-bond donors (Lipinski definition) is 0. The normalized spacial score (nSPS) is 14.2. The van der Waals surface area contributed by atoms with Crippen LogP contribution < -0.4 is 10.8 Å². The van der Waals surface area contributed by atoms with Gasteiger partial charge in [-0.25, -0.2) is 0 Å². The Balaban J connectivity index is 1.15. The van der Waals surface area contributed by atoms with Crippen LogP contribution in [0.2, 0.25) is 0 Å². The molecule has 63 heavy (non-hydrogen) atoms. The highest BCUT2D eigenvalue weighted by Crippen LogP contribution is 2.40. The molecule has 4 heterocycles. The molecule has 312 valence electrons. The summed E-state index contributed by atoms with van der Waals surface area (Å²) in [6, 6.07) is 26.5. The zero-order chi connectivity index (χ0) is 44.2. The van der Waals surface area contributed by atoms with Crippen LogP contribution in [0.5, 0.6) is 0 Å². The van der Waals surface area contributed by atoms with Gasteiger partial charge in [0.05, 0.1) is 0 Å². The molecule has 0 spiro atoms. The molecule has 0 aliphatic rings. The molecular formula is C58H51NO4. The largest absolute Gasteiger partial charge is 0.457 e. The lowest BCUT2D eigenvalue weighted by atomic mass is 9.96. The first kappa shape index (κ1) is 42.0. The van der Waals surface area contributed by atoms with E-state index in [-0.39, 0.29) is 0 Å². The van der Waals surface area contributed by atoms with Crippen molar-refractivity contribution < 1.29 is 17.7 Å². The summed E-state index contributed by atoms with van der Waals surface area (Å²) in [5.74, 6) is 0.772. The minimum atomic E-state index is 0.526. The Morgan fingerprint density at radius 2 is 1.40 bits per heavy atom. The van der Waals surface area contributed by atoms with Crippen LogP contribution >= 0.6 is 0 Å². The molecule has 8 rings (SSSR count). The maximum Gasteiger partial charge on any atom is 0.136 e. The molecule has 0 fully saturated rings. The fourth-order valence-corrected chi connectivity index (χ4v) is 8.40. The molecule has 5 heteroatoms. The molecule has 0 radical (unpaired) electrons. The molecule has 0 N–H and O–H groups in total. The summed E-state index contributed by atoms with van der Waals surface area (Å²) in [6.45, 7) is 28.1. The molecule has 0 aliphatic carbocycles. The SMILES string of the molecule is C=C/C=C(\C=C/C)N(C/C=C\C=C/c1oc2ccc3oc4ccccc4c3c2c1/C=C/C)C(=C)/C(=C\C(=C/C)c1ccc2oc(=C)/c(=c3\c(=C/C)oc4ccccc34)c2c1)C(=C)C. The zero-order valence-electron chi connectivity index (χ0n) is 36.6. The van der Waals surface area contributed by atoms with Crippen LogP contribution in [0.1, 0.15) is 51.5 Å². The molecule has 0 atom stereocenters. The van der Waals surface area contributed by atoms with E-state index in [4.69, 9.17) is 17.7 Å². The molecule has 0 saturated heterocycles. The van der Waals surface area contributed by atoms with Crippen molar-refractivity contribution in [2.24, 2.45) is 0 Å². The summed E-state index contributed by atoms with van der Waals surface area (Å²) >= 11 is 0. The fraction of sp³-hybridized carbons (Fsp3) is 0.103. The van der Waals surface area contributed by atoms with Gasteiger partial charge in [-0.1, -0.05) is 117 Å². The standard InChI is InChI=1S/C58H51NO4/c1-10-22-42(23-11-2)59(34-21-15-16-27-49-43(24-12-3)57-53(62-49)32-33-54-58(57)45-26-18-20-29-51(45)63-54)38(8)46(37(6)7)35-40(13-4)41-30-31-52-47(36-41)55(39(9)60-52)56-44-25-17-19-28-50(44)61-48(56)14-5/h10-33,35-36H,1,6,8-9,34H2,2-5,7H3/b21-15-,23-11-,24-12+,27-16-,40-13+,42-22+,46-35-,48-14+,56-55+. The molecule has 0 bridgehead atoms. The van der Waals surface area contributed by atoms with Gasteiger partial charge in [0.15, 0.2) is 0 Å². The predicted octanol–water partition coefficient (Wildman–Crippen LogP) is 15.0. The fourth-order valence-electron chi connectivity index (χ4n) is 8.40. The van der Waals surface area contributed by atoms with Crippen molar-refractivity contribution in [3.8, 4) is 0 Å². The molecule has 5 nitrogen and oxygen atoms in total. The quantitative estimate of drug-likeness (QED) is 0.108. The molecular weight excluding hydrogens is 775 g/mol. The maximum absolute atomic E-state index is 6.46. The Hall–Kier alpha value is -7.76. The van der Waals surface area contributed by atoms with Crippen molar-refractivity contribution >= 4 is 85.2 Å². The lowest BCUT2D eigenvalue weighted by Gasteiger charge is -2.29. The second kappa shape index (κ2) is 18.1. The molecule has 0 amide bonds. The number of fused-ring (bicyclic) bond motifs is 7. The van der Waals surface area contributed by atoms with Crippen LogP contribution in [-0.4, -0.2) is 11.4 Å². The minimum absolute atomic E-state index is 0.526. The molecule has 0 unspecified atom stereocenters. The van der Waals surface area contributed by atoms with E-state index in [0.29, 0.717) is 12.0 Å². The van der Waals surface area contributed by atoms with E-state index in [1.165, 1.54) is 0 Å². The average molecular weight is 826 g/mol. The van der Waals surface area contributed by atoms with Crippen LogP contribution in [0.25, 0.3) is 85.2 Å². The lowest BCUT2D eigenvalue weighted by molar-refractivity contribution is 0.499. The summed E-state index contributed by atoms with van der Waals surface area (Å²) in [5.41, 5.74) is 12.0. The van der Waals surface area contributed by atoms with E-state index < -0.39 is 0 Å². The van der Waals surface area contributed by atoms with Crippen molar-refractivity contribution in [1.29, 1.82) is 0 Å². The highest BCUT2D eigenvalue weighted by molar-refractivity contribution is 6.20. The average Bonchev–Trinajstić information content (AvgIpc) is 4.04. The van der Waals surface area contributed by atoms with E-state index in [9.17, 15) is 0 Å². The first-order chi connectivity index (χ1) is 30.7. The van der Waals surface area contributed by atoms with Gasteiger partial charge in [-0.05, 0) is 118 Å². The molecule has 0 saturated carbocycles. The minimum Gasteiger partial charge on any atom is -0.457 e. The Labute approximate surface area is 367 Å². The summed E-state index contributed by atoms with van der Waals surface area (Å²) in [6.07, 6.45) is 26.5. The zero-order valence-corrected chi connectivity index (χ0v) is 36.6. The number of rotatable bonds is 13. The Kier molecular flexibility index (Phi) is 12.0. The third-order valence-corrected chi connectivity index (χ3v) is 11.3. The van der Waals surface area contributed by atoms with Gasteiger partial charge in [-0.3, -0.25) is 0 Å². The molecule has 8 aromatic rings. The summed E-state index contributed by atoms with van der Waals surface area (Å²) < 4.78 is 25.2. The van der Waals surface area contributed by atoms with Crippen LogP contribution in [-0.2, 0) is 0 Å². The molecule has 0 aliphatic heterocycles. The van der Waals surface area contributed by atoms with E-state index in [1.807, 2.05) is 132 Å². The Morgan fingerprint density at radius 3 is 2.10 bits per heavy atom. The van der Waals surface area contributed by atoms with Crippen molar-refractivity contribution in [3.05, 3.63) is 220 Å². The number of para-hydroxylation sites is 2. The second-order valence-corrected chi connectivity index (χ2v) is 15.3. The number of benzene rings is 4. The molecule has 4 aromatic carbocycles. The monoisotopic (exact) mass is 825 g/mol. The first-order valence-corrected chi connectivity index (χ1v) is 21.2. The third-order valence-electron chi connectivity index (χ3n) is 11.3. The van der Waals surface area contributed by atoms with Crippen molar-refractivity contribution in [2.45, 2.75) is 34.6 Å². The number of allylic oxidation sites excluding steroid dienone is 11. The summed E-state index contributed by atoms with van der Waals surface area (Å²) in [7, 11) is 0. The van der Waals surface area contributed by atoms with E-state index >= 15 is 0 Å². The Morgan fingerprint density at radius 1 is 0.698 bits per heavy atom. The van der Waals surface area contributed by atoms with Crippen LogP contribution in [0.4, 0.5) is 0 Å². The van der Waals surface area contributed by atoms with Crippen LogP contribution in [0.3, 0.4) is 0 Å². The topological polar surface area (TPSA) is 55.8 Å². The highest BCUT2D eigenvalue weighted by atomic mass is 16.3. The van der Waals surface area contributed by atoms with Crippen LogP contribution in [0.15, 0.2) is 200 Å². The van der Waals surface area contributed by atoms with Gasteiger partial charge < -0.3 is 22.6 Å². The van der Waals surface area contributed by atoms with Crippen molar-refractivity contribution in [2.75, 3.05) is 6.54 Å². The predicted molar refractivity (Wildman–Crippen MR) is 267 cm³/mol. The van der Waals surface area contributed by atoms with Gasteiger partial charge in [0.1, 0.15) is 44.5 Å². The number of furan rings is 4. The van der Waals surface area contributed by atoms with Gasteiger partial charge in [0, 0.05) is 66.4 Å². The number of hydrogen-bond acceptors (Lipinski definition) is 5. The smallest absolute Gasteiger partial charge is 0.136 e. The lowest BCUT2D eigenvalue weighted by Crippen LogP contribution is -2.23. The van der Waals surface area contributed by atoms with Gasteiger partial charge >= 0.3 is 0 Å². The van der Waals surface area contributed by atoms with Gasteiger partial charge in [0.2, 0.25) is 0 Å². The second-order valence-electron chi connectivity index (χ2n) is 15.3. The van der Waals surface area contributed by atoms with Gasteiger partial charge in [-0.2, -0.15) is 0 Å². The maximum atomic E-state index is 6.46. The van der Waals surface area contributed by atoms with E-state index in [2.05, 4.69) is 85.9 Å². The Bertz CT molecular complexity index is 3560. The first-order valence-electron chi connectivity index (χ1n) is 21.2. The summed E-state index contributed by atoms with van der Waals surface area (Å²) in [4.78, 5) is 2.17. The third kappa shape index (κ3) is 7.86. The van der Waals surface area contributed by atoms with Gasteiger partial charge in [-0.15, -0.1) is 0 Å². The van der Waals surface area contributed by atoms with Gasteiger partial charge in [0.25, 0.3) is 0 Å². The van der Waals surface area contributed by atoms with Crippen molar-refractivity contribution in [3.63, 3.8) is 0 Å². The number of nitrogens with zero attached hydrogens (tertiary/aromatic N) is 1. The highest BCUT2D eigenvalue weighted by Gasteiger charge is 2.19.